The van der Waals surface area contributed by atoms with Gasteiger partial charge in [-0.15, -0.1) is 12.4 Å². The van der Waals surface area contributed by atoms with Crippen molar-refractivity contribution in [1.29, 1.82) is 0 Å². The molecule has 1 saturated carbocycles. The highest BCUT2D eigenvalue weighted by molar-refractivity contribution is 5.85. The van der Waals surface area contributed by atoms with Crippen molar-refractivity contribution in [2.45, 2.75) is 56.2 Å². The SMILES string of the molecule is COCC(c1cnn2cc(C(N)C3CCC(F)(F)CC3)nc2c1)N1C[C@@H](C(F)F)NC1=O.Cl. The minimum absolute atomic E-state index is 0. The second-order valence-corrected chi connectivity index (χ2v) is 8.49. The topological polar surface area (TPSA) is 97.8 Å². The molecule has 1 aliphatic carbocycles. The zero-order valence-electron chi connectivity index (χ0n) is 18.0. The number of ether oxygens (including phenoxy) is 1. The highest BCUT2D eigenvalue weighted by Crippen LogP contribution is 2.40. The first-order valence-electron chi connectivity index (χ1n) is 10.5. The van der Waals surface area contributed by atoms with Gasteiger partial charge in [0.15, 0.2) is 5.65 Å². The Bertz CT molecular complexity index is 967. The summed E-state index contributed by atoms with van der Waals surface area (Å²) >= 11 is 0. The van der Waals surface area contributed by atoms with Crippen molar-refractivity contribution in [1.82, 2.24) is 24.8 Å². The van der Waals surface area contributed by atoms with Gasteiger partial charge in [0.2, 0.25) is 5.92 Å². The number of hydrogen-bond acceptors (Lipinski definition) is 5. The molecule has 3 heterocycles. The number of imidazole rings is 1. The van der Waals surface area contributed by atoms with Crippen LogP contribution in [0.25, 0.3) is 5.65 Å². The standard InChI is InChI=1S/C20H26F4N6O2.ClH/c1-32-10-15(29-8-14(18(21)22)28-19(29)31)12-6-16-27-13(9-30(16)26-7-12)17(25)11-2-4-20(23,24)5-3-11;/h6-7,9,11,14-15,17-18H,2-5,8,10,25H2,1H3,(H,28,31);1H/t14-,15?,17?;/m0./s1. The van der Waals surface area contributed by atoms with Crippen LogP contribution in [0, 0.1) is 5.92 Å². The predicted octanol–water partition coefficient (Wildman–Crippen LogP) is 3.32. The molecule has 184 valence electrons. The fourth-order valence-electron chi connectivity index (χ4n) is 4.43. The van der Waals surface area contributed by atoms with Crippen LogP contribution in [0.15, 0.2) is 18.5 Å². The number of carbonyl (C=O) groups excluding carboxylic acids is 1. The van der Waals surface area contributed by atoms with E-state index in [4.69, 9.17) is 10.5 Å². The largest absolute Gasteiger partial charge is 0.382 e. The first kappa shape index (κ1) is 25.4. The number of nitrogens with two attached hydrogens (primary N) is 1. The molecule has 1 aliphatic heterocycles. The molecule has 1 saturated heterocycles. The average molecular weight is 495 g/mol. The van der Waals surface area contributed by atoms with Crippen molar-refractivity contribution in [3.05, 3.63) is 29.7 Å². The summed E-state index contributed by atoms with van der Waals surface area (Å²) in [6.07, 6.45) is 0.797. The lowest BCUT2D eigenvalue weighted by molar-refractivity contribution is -0.0484. The number of alkyl halides is 4. The zero-order chi connectivity index (χ0) is 23.0. The van der Waals surface area contributed by atoms with Crippen LogP contribution in [0.2, 0.25) is 0 Å². The van der Waals surface area contributed by atoms with Gasteiger partial charge in [0.25, 0.3) is 6.43 Å². The summed E-state index contributed by atoms with van der Waals surface area (Å²) in [4.78, 5) is 18.1. The van der Waals surface area contributed by atoms with Crippen LogP contribution in [0.4, 0.5) is 22.4 Å². The van der Waals surface area contributed by atoms with Crippen molar-refractivity contribution in [2.75, 3.05) is 20.3 Å². The Hall–Kier alpha value is -2.18. The highest BCUT2D eigenvalue weighted by Gasteiger charge is 2.39. The number of urea groups is 1. The first-order chi connectivity index (χ1) is 15.2. The Balaban J connectivity index is 0.00000306. The Morgan fingerprint density at radius 2 is 2.03 bits per heavy atom. The molecule has 2 aromatic rings. The summed E-state index contributed by atoms with van der Waals surface area (Å²) in [6, 6.07) is -1.28. The molecular weight excluding hydrogens is 468 g/mol. The van der Waals surface area contributed by atoms with E-state index in [2.05, 4.69) is 15.4 Å². The number of amides is 2. The van der Waals surface area contributed by atoms with Gasteiger partial charge in [-0.25, -0.2) is 31.9 Å². The van der Waals surface area contributed by atoms with Gasteiger partial charge >= 0.3 is 6.03 Å². The van der Waals surface area contributed by atoms with E-state index in [1.807, 2.05) is 0 Å². The minimum Gasteiger partial charge on any atom is -0.382 e. The molecule has 8 nitrogen and oxygen atoms in total. The molecule has 0 spiro atoms. The summed E-state index contributed by atoms with van der Waals surface area (Å²) in [5, 5.41) is 6.60. The van der Waals surface area contributed by atoms with Crippen LogP contribution in [0.1, 0.15) is 49.0 Å². The van der Waals surface area contributed by atoms with Crippen molar-refractivity contribution < 1.29 is 27.1 Å². The van der Waals surface area contributed by atoms with Gasteiger partial charge in [-0.1, -0.05) is 0 Å². The molecule has 33 heavy (non-hydrogen) atoms. The number of rotatable bonds is 7. The zero-order valence-corrected chi connectivity index (χ0v) is 18.8. The van der Waals surface area contributed by atoms with Crippen LogP contribution in [0.3, 0.4) is 0 Å². The molecule has 2 amide bonds. The molecule has 0 bridgehead atoms. The lowest BCUT2D eigenvalue weighted by Gasteiger charge is -2.31. The molecular formula is C20H27ClF4N6O2. The third-order valence-electron chi connectivity index (χ3n) is 6.32. The average Bonchev–Trinajstić information content (AvgIpc) is 3.34. The fraction of sp³-hybridized carbons (Fsp3) is 0.650. The molecule has 2 aliphatic rings. The molecule has 3 N–H and O–H groups in total. The molecule has 3 atom stereocenters. The van der Waals surface area contributed by atoms with Gasteiger partial charge in [-0.05, 0) is 24.8 Å². The van der Waals surface area contributed by atoms with Gasteiger partial charge in [-0.3, -0.25) is 0 Å². The smallest absolute Gasteiger partial charge is 0.318 e. The minimum atomic E-state index is -2.68. The van der Waals surface area contributed by atoms with E-state index in [0.29, 0.717) is 29.7 Å². The van der Waals surface area contributed by atoms with E-state index in [1.165, 1.54) is 22.7 Å². The van der Waals surface area contributed by atoms with Crippen LogP contribution < -0.4 is 11.1 Å². The number of fused-ring (bicyclic) bond motifs is 1. The first-order valence-corrected chi connectivity index (χ1v) is 10.5. The predicted molar refractivity (Wildman–Crippen MR) is 114 cm³/mol. The summed E-state index contributed by atoms with van der Waals surface area (Å²) in [7, 11) is 1.46. The lowest BCUT2D eigenvalue weighted by atomic mass is 9.81. The molecule has 13 heteroatoms. The van der Waals surface area contributed by atoms with Gasteiger partial charge in [-0.2, -0.15) is 5.10 Å². The van der Waals surface area contributed by atoms with E-state index in [9.17, 15) is 22.4 Å². The third-order valence-corrected chi connectivity index (χ3v) is 6.32. The van der Waals surface area contributed by atoms with E-state index in [-0.39, 0.29) is 44.3 Å². The number of aromatic nitrogens is 3. The second-order valence-electron chi connectivity index (χ2n) is 8.49. The Morgan fingerprint density at radius 1 is 1.33 bits per heavy atom. The molecule has 4 rings (SSSR count). The Morgan fingerprint density at radius 3 is 2.64 bits per heavy atom. The number of nitrogens with zero attached hydrogens (tertiary/aromatic N) is 4. The van der Waals surface area contributed by atoms with Crippen LogP contribution in [0.5, 0.6) is 0 Å². The lowest BCUT2D eigenvalue weighted by Crippen LogP contribution is -2.34. The summed E-state index contributed by atoms with van der Waals surface area (Å²) in [5.41, 5.74) is 7.91. The van der Waals surface area contributed by atoms with E-state index in [0.717, 1.165) is 0 Å². The van der Waals surface area contributed by atoms with E-state index < -0.39 is 36.5 Å². The summed E-state index contributed by atoms with van der Waals surface area (Å²) in [6.45, 7) is -0.0722. The quantitative estimate of drug-likeness (QED) is 0.575. The van der Waals surface area contributed by atoms with Crippen molar-refractivity contribution >= 4 is 24.1 Å². The number of halogens is 5. The van der Waals surface area contributed by atoms with Gasteiger partial charge in [0.1, 0.15) is 6.04 Å². The third kappa shape index (κ3) is 5.33. The van der Waals surface area contributed by atoms with Crippen molar-refractivity contribution in [3.8, 4) is 0 Å². The molecule has 2 unspecified atom stereocenters. The van der Waals surface area contributed by atoms with Crippen LogP contribution in [-0.4, -0.2) is 64.2 Å². The number of hydrogen-bond donors (Lipinski definition) is 2. The molecule has 2 aromatic heterocycles. The summed E-state index contributed by atoms with van der Waals surface area (Å²) < 4.78 is 59.8. The second kappa shape index (κ2) is 9.98. The maximum absolute atomic E-state index is 13.5. The Kier molecular flexibility index (Phi) is 7.69. The number of carbonyl (C=O) groups is 1. The van der Waals surface area contributed by atoms with Gasteiger partial charge < -0.3 is 20.7 Å². The number of nitrogens with one attached hydrogen (secondary N) is 1. The maximum Gasteiger partial charge on any atom is 0.318 e. The van der Waals surface area contributed by atoms with Gasteiger partial charge in [0.05, 0.1) is 36.8 Å². The maximum atomic E-state index is 13.5. The normalized spacial score (nSPS) is 22.9. The molecule has 0 radical (unpaired) electrons. The summed E-state index contributed by atoms with van der Waals surface area (Å²) in [5.74, 6) is -2.73. The fourth-order valence-corrected chi connectivity index (χ4v) is 4.43. The van der Waals surface area contributed by atoms with Crippen LogP contribution in [-0.2, 0) is 4.74 Å². The van der Waals surface area contributed by atoms with Crippen molar-refractivity contribution in [2.24, 2.45) is 11.7 Å². The highest BCUT2D eigenvalue weighted by atomic mass is 35.5. The molecule has 2 fully saturated rings. The monoisotopic (exact) mass is 494 g/mol. The van der Waals surface area contributed by atoms with E-state index in [1.54, 1.807) is 12.3 Å². The van der Waals surface area contributed by atoms with Crippen molar-refractivity contribution in [3.63, 3.8) is 0 Å². The molecule has 0 aromatic carbocycles. The Labute approximate surface area is 194 Å². The van der Waals surface area contributed by atoms with Gasteiger partial charge in [0, 0.05) is 32.1 Å². The number of methoxy groups -OCH3 is 1. The van der Waals surface area contributed by atoms with E-state index >= 15 is 0 Å². The van der Waals surface area contributed by atoms with Crippen LogP contribution >= 0.6 is 12.4 Å².